The van der Waals surface area contributed by atoms with Crippen LogP contribution in [0, 0.1) is 0 Å². The van der Waals surface area contributed by atoms with Crippen LogP contribution in [0.4, 0.5) is 0 Å². The zero-order chi connectivity index (χ0) is 15.4. The normalized spacial score (nSPS) is 12.5. The number of aromatic amines is 2. The van der Waals surface area contributed by atoms with Crippen molar-refractivity contribution >= 4 is 12.2 Å². The quantitative estimate of drug-likeness (QED) is 0.667. The lowest BCUT2D eigenvalue weighted by molar-refractivity contribution is 0.999. The van der Waals surface area contributed by atoms with E-state index in [1.54, 1.807) is 48.8 Å². The molecule has 108 valence electrons. The van der Waals surface area contributed by atoms with Crippen molar-refractivity contribution in [3.63, 3.8) is 0 Å². The highest BCUT2D eigenvalue weighted by atomic mass is 16.1. The van der Waals surface area contributed by atoms with E-state index < -0.39 is 11.1 Å². The molecule has 0 spiro atoms. The molecule has 0 aliphatic heterocycles. The minimum Gasteiger partial charge on any atom is -0.316 e. The van der Waals surface area contributed by atoms with Crippen LogP contribution >= 0.6 is 0 Å². The Kier molecular flexibility index (Phi) is 3.74. The van der Waals surface area contributed by atoms with Gasteiger partial charge in [-0.15, -0.1) is 0 Å². The molecule has 0 aromatic carbocycles. The molecule has 0 aliphatic rings. The number of aromatic nitrogens is 4. The molecule has 0 radical (unpaired) electrons. The van der Waals surface area contributed by atoms with Crippen molar-refractivity contribution in [2.75, 3.05) is 0 Å². The fourth-order valence-electron chi connectivity index (χ4n) is 1.91. The summed E-state index contributed by atoms with van der Waals surface area (Å²) in [6.45, 7) is 0. The van der Waals surface area contributed by atoms with Gasteiger partial charge in [0.05, 0.1) is 11.4 Å². The summed E-state index contributed by atoms with van der Waals surface area (Å²) in [6, 6.07) is 10.6. The lowest BCUT2D eigenvalue weighted by atomic mass is 10.3. The second-order valence-corrected chi connectivity index (χ2v) is 4.53. The van der Waals surface area contributed by atoms with Crippen LogP contribution in [-0.4, -0.2) is 19.9 Å². The molecule has 0 unspecified atom stereocenters. The molecule has 0 saturated heterocycles. The van der Waals surface area contributed by atoms with Gasteiger partial charge in [0.15, 0.2) is 0 Å². The molecule has 0 fully saturated rings. The third-order valence-corrected chi connectivity index (χ3v) is 2.95. The maximum absolute atomic E-state index is 12.1. The van der Waals surface area contributed by atoms with Crippen molar-refractivity contribution in [3.8, 4) is 0 Å². The summed E-state index contributed by atoms with van der Waals surface area (Å²) in [5.74, 6) is 0. The van der Waals surface area contributed by atoms with Crippen molar-refractivity contribution in [3.05, 3.63) is 91.6 Å². The van der Waals surface area contributed by atoms with Gasteiger partial charge >= 0.3 is 0 Å². The van der Waals surface area contributed by atoms with Crippen LogP contribution in [0.25, 0.3) is 12.2 Å². The molecule has 3 aromatic rings. The monoisotopic (exact) mass is 292 g/mol. The standard InChI is InChI=1S/C16H12N4O2/c21-15-13(9-11-5-1-3-7-17-11)19-16(22)14(20-15)10-12-6-2-4-8-18-12/h1-10H,(H,19,22)(H,20,21)/b13-9+,14-10+. The average Bonchev–Trinajstić information content (AvgIpc) is 2.54. The third-order valence-electron chi connectivity index (χ3n) is 2.95. The summed E-state index contributed by atoms with van der Waals surface area (Å²) in [7, 11) is 0. The van der Waals surface area contributed by atoms with E-state index in [4.69, 9.17) is 0 Å². The van der Waals surface area contributed by atoms with E-state index in [-0.39, 0.29) is 10.7 Å². The minimum atomic E-state index is -0.396. The van der Waals surface area contributed by atoms with Gasteiger partial charge in [-0.25, -0.2) is 0 Å². The van der Waals surface area contributed by atoms with Crippen molar-refractivity contribution in [2.45, 2.75) is 0 Å². The Labute approximate surface area is 124 Å². The van der Waals surface area contributed by atoms with Gasteiger partial charge in [-0.2, -0.15) is 0 Å². The molecule has 0 atom stereocenters. The van der Waals surface area contributed by atoms with Crippen LogP contribution in [0.2, 0.25) is 0 Å². The summed E-state index contributed by atoms with van der Waals surface area (Å²) in [5, 5.41) is 0.309. The van der Waals surface area contributed by atoms with Crippen LogP contribution in [0.3, 0.4) is 0 Å². The SMILES string of the molecule is O=c1[nH]/c(=C/c2ccccn2)c(=O)[nH]/c1=C/c1ccccn1. The van der Waals surface area contributed by atoms with Crippen LogP contribution in [0.1, 0.15) is 11.4 Å². The van der Waals surface area contributed by atoms with Gasteiger partial charge in [0.25, 0.3) is 11.1 Å². The Morgan fingerprint density at radius 2 is 1.18 bits per heavy atom. The van der Waals surface area contributed by atoms with Crippen molar-refractivity contribution < 1.29 is 0 Å². The molecule has 3 heterocycles. The van der Waals surface area contributed by atoms with Crippen LogP contribution < -0.4 is 21.8 Å². The molecule has 3 aromatic heterocycles. The third kappa shape index (κ3) is 3.06. The van der Waals surface area contributed by atoms with Crippen LogP contribution in [-0.2, 0) is 0 Å². The zero-order valence-electron chi connectivity index (χ0n) is 11.5. The highest BCUT2D eigenvalue weighted by Crippen LogP contribution is 1.92. The highest BCUT2D eigenvalue weighted by molar-refractivity contribution is 5.44. The van der Waals surface area contributed by atoms with Crippen molar-refractivity contribution in [1.29, 1.82) is 0 Å². The number of hydrogen-bond acceptors (Lipinski definition) is 4. The fraction of sp³-hybridized carbons (Fsp3) is 0. The molecule has 0 saturated carbocycles. The first-order valence-electron chi connectivity index (χ1n) is 6.60. The number of pyridine rings is 2. The molecule has 6 heteroatoms. The highest BCUT2D eigenvalue weighted by Gasteiger charge is 1.97. The van der Waals surface area contributed by atoms with E-state index in [0.29, 0.717) is 11.4 Å². The largest absolute Gasteiger partial charge is 0.316 e. The number of nitrogens with one attached hydrogen (secondary N) is 2. The number of H-pyrrole nitrogens is 2. The van der Waals surface area contributed by atoms with Gasteiger partial charge in [-0.1, -0.05) is 12.1 Å². The summed E-state index contributed by atoms with van der Waals surface area (Å²) < 4.78 is 0. The first-order valence-corrected chi connectivity index (χ1v) is 6.60. The van der Waals surface area contributed by atoms with E-state index in [2.05, 4.69) is 19.9 Å². The second-order valence-electron chi connectivity index (χ2n) is 4.53. The lowest BCUT2D eigenvalue weighted by Crippen LogP contribution is -2.46. The molecule has 0 amide bonds. The molecule has 3 rings (SSSR count). The summed E-state index contributed by atoms with van der Waals surface area (Å²) >= 11 is 0. The zero-order valence-corrected chi connectivity index (χ0v) is 11.5. The van der Waals surface area contributed by atoms with E-state index >= 15 is 0 Å². The summed E-state index contributed by atoms with van der Waals surface area (Å²) in [6.07, 6.45) is 6.26. The van der Waals surface area contributed by atoms with Crippen LogP contribution in [0.15, 0.2) is 58.4 Å². The van der Waals surface area contributed by atoms with Crippen molar-refractivity contribution in [1.82, 2.24) is 19.9 Å². The predicted octanol–water partition coefficient (Wildman–Crippen LogP) is -0.489. The first-order chi connectivity index (χ1) is 10.7. The average molecular weight is 292 g/mol. The van der Waals surface area contributed by atoms with Gasteiger partial charge in [-0.05, 0) is 36.4 Å². The number of hydrogen-bond donors (Lipinski definition) is 2. The number of nitrogens with zero attached hydrogens (tertiary/aromatic N) is 2. The fourth-order valence-corrected chi connectivity index (χ4v) is 1.91. The second kappa shape index (κ2) is 6.01. The Morgan fingerprint density at radius 1 is 0.727 bits per heavy atom. The molecular weight excluding hydrogens is 280 g/mol. The molecule has 22 heavy (non-hydrogen) atoms. The molecule has 0 aliphatic carbocycles. The molecule has 0 bridgehead atoms. The molecule has 6 nitrogen and oxygen atoms in total. The van der Waals surface area contributed by atoms with Gasteiger partial charge in [0, 0.05) is 12.4 Å². The maximum Gasteiger partial charge on any atom is 0.272 e. The number of rotatable bonds is 2. The van der Waals surface area contributed by atoms with Crippen molar-refractivity contribution in [2.24, 2.45) is 0 Å². The topological polar surface area (TPSA) is 91.5 Å². The predicted molar refractivity (Wildman–Crippen MR) is 82.5 cm³/mol. The van der Waals surface area contributed by atoms with Gasteiger partial charge in [0.2, 0.25) is 0 Å². The first kappa shape index (κ1) is 13.7. The van der Waals surface area contributed by atoms with E-state index in [9.17, 15) is 9.59 Å². The van der Waals surface area contributed by atoms with Gasteiger partial charge in [0.1, 0.15) is 10.7 Å². The molecular formula is C16H12N4O2. The van der Waals surface area contributed by atoms with E-state index in [0.717, 1.165) is 0 Å². The Morgan fingerprint density at radius 3 is 1.55 bits per heavy atom. The minimum absolute atomic E-state index is 0.155. The van der Waals surface area contributed by atoms with Crippen LogP contribution in [0.5, 0.6) is 0 Å². The van der Waals surface area contributed by atoms with Gasteiger partial charge < -0.3 is 9.97 Å². The van der Waals surface area contributed by atoms with Gasteiger partial charge in [-0.3, -0.25) is 19.6 Å². The maximum atomic E-state index is 12.1. The van der Waals surface area contributed by atoms with E-state index in [1.807, 2.05) is 0 Å². The Hall–Kier alpha value is -3.28. The smallest absolute Gasteiger partial charge is 0.272 e. The summed E-state index contributed by atoms with van der Waals surface area (Å²) in [5.41, 5.74) is 0.384. The lowest BCUT2D eigenvalue weighted by Gasteiger charge is -1.93. The Bertz CT molecular complexity index is 921. The summed E-state index contributed by atoms with van der Waals surface area (Å²) in [4.78, 5) is 37.4. The Balaban J connectivity index is 2.14. The van der Waals surface area contributed by atoms with E-state index in [1.165, 1.54) is 12.2 Å². The molecule has 2 N–H and O–H groups in total.